The lowest BCUT2D eigenvalue weighted by atomic mass is 10.1. The third kappa shape index (κ3) is 2.89. The van der Waals surface area contributed by atoms with Crippen LogP contribution in [0, 0.1) is 0 Å². The molecule has 2 aromatic rings. The highest BCUT2D eigenvalue weighted by atomic mass is 16.8. The molecule has 0 amide bonds. The maximum absolute atomic E-state index is 9.69. The number of ether oxygens (including phenoxy) is 3. The highest BCUT2D eigenvalue weighted by molar-refractivity contribution is 5.82. The first kappa shape index (κ1) is 17.3. The SMILES string of the molecule is CC1(C)O[C@@H]2[C@H](O1)[C@@H](CO)O[C@H]2n1cnc2c(NC3CCCC3)ncnc21. The van der Waals surface area contributed by atoms with Gasteiger partial charge in [0.2, 0.25) is 0 Å². The van der Waals surface area contributed by atoms with E-state index in [4.69, 9.17) is 14.2 Å². The van der Waals surface area contributed by atoms with E-state index in [0.29, 0.717) is 11.7 Å². The number of aromatic nitrogens is 4. The Morgan fingerprint density at radius 1 is 1.19 bits per heavy atom. The largest absolute Gasteiger partial charge is 0.394 e. The van der Waals surface area contributed by atoms with E-state index >= 15 is 0 Å². The van der Waals surface area contributed by atoms with Crippen LogP contribution in [0.5, 0.6) is 0 Å². The van der Waals surface area contributed by atoms with Gasteiger partial charge in [0.15, 0.2) is 29.0 Å². The molecule has 0 spiro atoms. The number of hydrogen-bond donors (Lipinski definition) is 2. The van der Waals surface area contributed by atoms with Crippen molar-refractivity contribution in [1.29, 1.82) is 0 Å². The van der Waals surface area contributed by atoms with E-state index in [2.05, 4.69) is 20.3 Å². The second kappa shape index (κ2) is 6.37. The van der Waals surface area contributed by atoms with Crippen LogP contribution >= 0.6 is 0 Å². The van der Waals surface area contributed by atoms with Crippen molar-refractivity contribution in [3.05, 3.63) is 12.7 Å². The molecule has 9 nitrogen and oxygen atoms in total. The lowest BCUT2D eigenvalue weighted by Crippen LogP contribution is -2.31. The number of hydrogen-bond acceptors (Lipinski definition) is 8. The summed E-state index contributed by atoms with van der Waals surface area (Å²) in [7, 11) is 0. The highest BCUT2D eigenvalue weighted by Gasteiger charge is 2.56. The Hall–Kier alpha value is -1.81. The number of anilines is 1. The molecule has 2 N–H and O–H groups in total. The molecule has 2 aliphatic heterocycles. The van der Waals surface area contributed by atoms with E-state index in [0.717, 1.165) is 24.2 Å². The molecule has 0 radical (unpaired) electrons. The molecule has 3 aliphatic rings. The van der Waals surface area contributed by atoms with Gasteiger partial charge in [-0.15, -0.1) is 0 Å². The van der Waals surface area contributed by atoms with Crippen LogP contribution in [0.15, 0.2) is 12.7 Å². The fraction of sp³-hybridized carbons (Fsp3) is 0.722. The van der Waals surface area contributed by atoms with Gasteiger partial charge in [0.1, 0.15) is 24.6 Å². The van der Waals surface area contributed by atoms with E-state index in [1.807, 2.05) is 18.4 Å². The molecule has 4 heterocycles. The summed E-state index contributed by atoms with van der Waals surface area (Å²) in [4.78, 5) is 13.4. The van der Waals surface area contributed by atoms with Crippen LogP contribution < -0.4 is 5.32 Å². The van der Waals surface area contributed by atoms with Crippen LogP contribution in [0.2, 0.25) is 0 Å². The maximum Gasteiger partial charge on any atom is 0.167 e. The van der Waals surface area contributed by atoms with Gasteiger partial charge in [0.05, 0.1) is 12.9 Å². The van der Waals surface area contributed by atoms with Crippen LogP contribution in [0.1, 0.15) is 45.8 Å². The van der Waals surface area contributed by atoms with Crippen molar-refractivity contribution >= 4 is 17.0 Å². The molecule has 9 heteroatoms. The standard InChI is InChI=1S/C18H25N5O4/c1-18(2)26-13-11(7-24)25-17(14(13)27-18)23-9-21-12-15(19-8-20-16(12)23)22-10-5-3-4-6-10/h8-11,13-14,17,24H,3-7H2,1-2H3,(H,19,20,22)/t11-,13-,14-,17-/m1/s1. The Morgan fingerprint density at radius 2 is 1.96 bits per heavy atom. The van der Waals surface area contributed by atoms with E-state index < -0.39 is 18.1 Å². The van der Waals surface area contributed by atoms with Crippen LogP contribution in [-0.4, -0.2) is 61.4 Å². The van der Waals surface area contributed by atoms with Gasteiger partial charge in [0, 0.05) is 6.04 Å². The summed E-state index contributed by atoms with van der Waals surface area (Å²) in [5.41, 5.74) is 1.40. The minimum absolute atomic E-state index is 0.132. The lowest BCUT2D eigenvalue weighted by molar-refractivity contribution is -0.199. The first-order valence-corrected chi connectivity index (χ1v) is 9.62. The summed E-state index contributed by atoms with van der Waals surface area (Å²) in [6, 6.07) is 0.437. The molecule has 0 unspecified atom stereocenters. The number of aliphatic hydroxyl groups excluding tert-OH is 1. The van der Waals surface area contributed by atoms with Crippen LogP contribution in [-0.2, 0) is 14.2 Å². The van der Waals surface area contributed by atoms with Crippen LogP contribution in [0.3, 0.4) is 0 Å². The number of aliphatic hydroxyl groups is 1. The normalized spacial score (nSPS) is 33.0. The van der Waals surface area contributed by atoms with Gasteiger partial charge >= 0.3 is 0 Å². The van der Waals surface area contributed by atoms with Crippen molar-refractivity contribution in [3.8, 4) is 0 Å². The molecule has 1 saturated carbocycles. The molecule has 2 saturated heterocycles. The second-order valence-electron chi connectivity index (χ2n) is 7.98. The Balaban J connectivity index is 1.48. The average Bonchev–Trinajstić information content (AvgIpc) is 3.38. The zero-order valence-corrected chi connectivity index (χ0v) is 15.5. The van der Waals surface area contributed by atoms with E-state index in [1.54, 1.807) is 12.7 Å². The Morgan fingerprint density at radius 3 is 2.74 bits per heavy atom. The molecule has 0 bridgehead atoms. The molecule has 4 atom stereocenters. The average molecular weight is 375 g/mol. The van der Waals surface area contributed by atoms with Crippen molar-refractivity contribution in [1.82, 2.24) is 19.5 Å². The third-order valence-electron chi connectivity index (χ3n) is 5.63. The summed E-state index contributed by atoms with van der Waals surface area (Å²) in [6.45, 7) is 3.61. The van der Waals surface area contributed by atoms with Crippen molar-refractivity contribution in [3.63, 3.8) is 0 Å². The molecule has 0 aromatic carbocycles. The first-order chi connectivity index (χ1) is 13.1. The summed E-state index contributed by atoms with van der Waals surface area (Å²) in [5, 5.41) is 13.2. The van der Waals surface area contributed by atoms with Crippen molar-refractivity contribution in [2.75, 3.05) is 11.9 Å². The van der Waals surface area contributed by atoms with Gasteiger partial charge in [0.25, 0.3) is 0 Å². The minimum atomic E-state index is -0.717. The summed E-state index contributed by atoms with van der Waals surface area (Å²) < 4.78 is 19.9. The minimum Gasteiger partial charge on any atom is -0.394 e. The monoisotopic (exact) mass is 375 g/mol. The quantitative estimate of drug-likeness (QED) is 0.830. The Bertz CT molecular complexity index is 834. The van der Waals surface area contributed by atoms with Gasteiger partial charge in [-0.05, 0) is 26.7 Å². The molecule has 146 valence electrons. The maximum atomic E-state index is 9.69. The Kier molecular flexibility index (Phi) is 4.08. The first-order valence-electron chi connectivity index (χ1n) is 9.62. The smallest absolute Gasteiger partial charge is 0.167 e. The van der Waals surface area contributed by atoms with Crippen LogP contribution in [0.25, 0.3) is 11.2 Å². The molecule has 27 heavy (non-hydrogen) atoms. The van der Waals surface area contributed by atoms with Gasteiger partial charge < -0.3 is 24.6 Å². The topological polar surface area (TPSA) is 104 Å². The fourth-order valence-corrected chi connectivity index (χ4v) is 4.44. The number of rotatable bonds is 4. The predicted octanol–water partition coefficient (Wildman–Crippen LogP) is 1.59. The van der Waals surface area contributed by atoms with Gasteiger partial charge in [-0.3, -0.25) is 4.57 Å². The Labute approximate surface area is 157 Å². The molecular formula is C18H25N5O4. The van der Waals surface area contributed by atoms with Crippen molar-refractivity contribution < 1.29 is 19.3 Å². The number of imidazole rings is 1. The fourth-order valence-electron chi connectivity index (χ4n) is 4.44. The van der Waals surface area contributed by atoms with E-state index in [1.165, 1.54) is 12.8 Å². The number of nitrogens with one attached hydrogen (secondary N) is 1. The number of fused-ring (bicyclic) bond motifs is 2. The zero-order chi connectivity index (χ0) is 18.6. The predicted molar refractivity (Wildman–Crippen MR) is 96.0 cm³/mol. The highest BCUT2D eigenvalue weighted by Crippen LogP contribution is 2.43. The lowest BCUT2D eigenvalue weighted by Gasteiger charge is -2.24. The summed E-state index contributed by atoms with van der Waals surface area (Å²) in [6.07, 6.45) is 6.47. The molecule has 3 fully saturated rings. The number of nitrogens with zero attached hydrogens (tertiary/aromatic N) is 4. The van der Waals surface area contributed by atoms with Crippen molar-refractivity contribution in [2.45, 2.75) is 75.9 Å². The second-order valence-corrected chi connectivity index (χ2v) is 7.98. The van der Waals surface area contributed by atoms with Crippen molar-refractivity contribution in [2.24, 2.45) is 0 Å². The summed E-state index contributed by atoms with van der Waals surface area (Å²) in [5.74, 6) is 0.0357. The van der Waals surface area contributed by atoms with Crippen LogP contribution in [0.4, 0.5) is 5.82 Å². The molecular weight excluding hydrogens is 350 g/mol. The molecule has 1 aliphatic carbocycles. The van der Waals surface area contributed by atoms with Gasteiger partial charge in [-0.2, -0.15) is 0 Å². The third-order valence-corrected chi connectivity index (χ3v) is 5.63. The van der Waals surface area contributed by atoms with Gasteiger partial charge in [-0.25, -0.2) is 15.0 Å². The summed E-state index contributed by atoms with van der Waals surface area (Å²) >= 11 is 0. The van der Waals surface area contributed by atoms with E-state index in [9.17, 15) is 5.11 Å². The molecule has 5 rings (SSSR count). The van der Waals surface area contributed by atoms with E-state index in [-0.39, 0.29) is 18.8 Å². The van der Waals surface area contributed by atoms with Gasteiger partial charge in [-0.1, -0.05) is 12.8 Å². The molecule has 2 aromatic heterocycles. The zero-order valence-electron chi connectivity index (χ0n) is 15.5.